The Labute approximate surface area is 98.3 Å². The molecule has 0 aliphatic carbocycles. The lowest BCUT2D eigenvalue weighted by Gasteiger charge is -2.15. The van der Waals surface area contributed by atoms with Crippen LogP contribution in [0.3, 0.4) is 0 Å². The van der Waals surface area contributed by atoms with E-state index in [1.165, 1.54) is 0 Å². The second-order valence-corrected chi connectivity index (χ2v) is 3.32. The highest BCUT2D eigenvalue weighted by atomic mass is 19.4. The van der Waals surface area contributed by atoms with Crippen LogP contribution in [0.2, 0.25) is 0 Å². The van der Waals surface area contributed by atoms with Crippen LogP contribution in [-0.2, 0) is 15.7 Å². The molecule has 0 spiro atoms. The number of benzene rings is 1. The summed E-state index contributed by atoms with van der Waals surface area (Å²) in [4.78, 5) is 11.0. The van der Waals surface area contributed by atoms with Gasteiger partial charge in [0.05, 0.1) is 7.11 Å². The highest BCUT2D eigenvalue weighted by molar-refractivity contribution is 5.77. The van der Waals surface area contributed by atoms with E-state index in [0.717, 1.165) is 7.11 Å². The fraction of sp³-hybridized carbons (Fsp3) is 0.300. The lowest BCUT2D eigenvalue weighted by molar-refractivity contribution is -0.144. The summed E-state index contributed by atoms with van der Waals surface area (Å²) in [6, 6.07) is -0.692. The molecular weight excluding hydrogens is 261 g/mol. The highest BCUT2D eigenvalue weighted by Crippen LogP contribution is 2.35. The van der Waals surface area contributed by atoms with Crippen LogP contribution >= 0.6 is 0 Å². The molecule has 0 fully saturated rings. The Morgan fingerprint density at radius 3 is 2.33 bits per heavy atom. The van der Waals surface area contributed by atoms with Crippen LogP contribution in [0.4, 0.5) is 22.0 Å². The molecule has 0 aromatic heterocycles. The molecule has 1 aromatic rings. The summed E-state index contributed by atoms with van der Waals surface area (Å²) >= 11 is 0. The van der Waals surface area contributed by atoms with E-state index in [9.17, 15) is 26.7 Å². The minimum absolute atomic E-state index is 0.393. The van der Waals surface area contributed by atoms with Crippen LogP contribution in [0, 0.1) is 11.6 Å². The Morgan fingerprint density at radius 1 is 1.33 bits per heavy atom. The number of ether oxygens (including phenoxy) is 1. The summed E-state index contributed by atoms with van der Waals surface area (Å²) in [5.74, 6) is -4.82. The van der Waals surface area contributed by atoms with E-state index in [1.807, 2.05) is 0 Å². The molecular formula is C10H8F5NO2. The van der Waals surface area contributed by atoms with Gasteiger partial charge >= 0.3 is 12.1 Å². The molecule has 2 N–H and O–H groups in total. The molecule has 1 atom stereocenters. The third kappa shape index (κ3) is 2.58. The van der Waals surface area contributed by atoms with Crippen molar-refractivity contribution in [3.8, 4) is 0 Å². The number of hydrogen-bond donors (Lipinski definition) is 1. The van der Waals surface area contributed by atoms with Crippen molar-refractivity contribution in [1.82, 2.24) is 0 Å². The predicted octanol–water partition coefficient (Wildman–Crippen LogP) is 2.16. The molecule has 8 heteroatoms. The van der Waals surface area contributed by atoms with Crippen molar-refractivity contribution >= 4 is 5.97 Å². The third-order valence-corrected chi connectivity index (χ3v) is 2.19. The average Bonchev–Trinajstić information content (AvgIpc) is 2.25. The number of carbonyl (C=O) groups is 1. The SMILES string of the molecule is COC(=O)C(N)c1ccc(F)c(C(F)(F)F)c1F. The first-order chi connectivity index (χ1) is 8.20. The van der Waals surface area contributed by atoms with Crippen LogP contribution in [-0.4, -0.2) is 13.1 Å². The molecule has 0 saturated heterocycles. The molecule has 1 aromatic carbocycles. The van der Waals surface area contributed by atoms with Crippen molar-refractivity contribution in [2.75, 3.05) is 7.11 Å². The van der Waals surface area contributed by atoms with Crippen molar-refractivity contribution in [1.29, 1.82) is 0 Å². The van der Waals surface area contributed by atoms with Gasteiger partial charge in [-0.3, -0.25) is 4.79 Å². The standard InChI is InChI=1S/C10H8F5NO2/c1-18-9(17)8(16)4-2-3-5(11)6(7(4)12)10(13,14)15/h2-3,8H,16H2,1H3. The first-order valence-corrected chi connectivity index (χ1v) is 4.58. The number of carbonyl (C=O) groups excluding carboxylic acids is 1. The maximum atomic E-state index is 13.5. The van der Waals surface area contributed by atoms with Gasteiger partial charge in [0.1, 0.15) is 23.2 Å². The zero-order valence-electron chi connectivity index (χ0n) is 9.02. The summed E-state index contributed by atoms with van der Waals surface area (Å²) in [7, 11) is 0.939. The molecule has 100 valence electrons. The number of alkyl halides is 3. The van der Waals surface area contributed by atoms with Crippen LogP contribution in [0.25, 0.3) is 0 Å². The van der Waals surface area contributed by atoms with E-state index in [4.69, 9.17) is 5.73 Å². The Balaban J connectivity index is 3.38. The quantitative estimate of drug-likeness (QED) is 0.661. The monoisotopic (exact) mass is 269 g/mol. The normalized spacial score (nSPS) is 13.3. The number of rotatable bonds is 2. The molecule has 18 heavy (non-hydrogen) atoms. The zero-order chi connectivity index (χ0) is 14.1. The van der Waals surface area contributed by atoms with Gasteiger partial charge in [0, 0.05) is 5.56 Å². The van der Waals surface area contributed by atoms with E-state index in [-0.39, 0.29) is 0 Å². The van der Waals surface area contributed by atoms with Gasteiger partial charge in [-0.05, 0) is 6.07 Å². The van der Waals surface area contributed by atoms with Gasteiger partial charge in [-0.2, -0.15) is 13.2 Å². The fourth-order valence-electron chi connectivity index (χ4n) is 1.32. The van der Waals surface area contributed by atoms with Crippen molar-refractivity contribution in [2.45, 2.75) is 12.2 Å². The summed E-state index contributed by atoms with van der Waals surface area (Å²) < 4.78 is 67.9. The highest BCUT2D eigenvalue weighted by Gasteiger charge is 2.39. The van der Waals surface area contributed by atoms with Crippen molar-refractivity contribution in [3.63, 3.8) is 0 Å². The maximum absolute atomic E-state index is 13.5. The van der Waals surface area contributed by atoms with E-state index < -0.39 is 40.9 Å². The minimum atomic E-state index is -5.22. The summed E-state index contributed by atoms with van der Waals surface area (Å²) in [5, 5.41) is 0. The Bertz CT molecular complexity index is 472. The lowest BCUT2D eigenvalue weighted by atomic mass is 10.0. The van der Waals surface area contributed by atoms with E-state index in [2.05, 4.69) is 4.74 Å². The molecule has 0 amide bonds. The van der Waals surface area contributed by atoms with Gasteiger partial charge in [-0.1, -0.05) is 6.07 Å². The summed E-state index contributed by atoms with van der Waals surface area (Å²) in [5.41, 5.74) is 2.34. The lowest BCUT2D eigenvalue weighted by Crippen LogP contribution is -2.25. The van der Waals surface area contributed by atoms with Crippen LogP contribution < -0.4 is 5.73 Å². The minimum Gasteiger partial charge on any atom is -0.468 e. The molecule has 0 bridgehead atoms. The Morgan fingerprint density at radius 2 is 1.89 bits per heavy atom. The van der Waals surface area contributed by atoms with Crippen LogP contribution in [0.15, 0.2) is 12.1 Å². The molecule has 0 radical (unpaired) electrons. The van der Waals surface area contributed by atoms with Crippen molar-refractivity contribution in [2.24, 2.45) is 5.73 Å². The largest absolute Gasteiger partial charge is 0.468 e. The Kier molecular flexibility index (Phi) is 3.90. The predicted molar refractivity (Wildman–Crippen MR) is 50.3 cm³/mol. The van der Waals surface area contributed by atoms with Crippen LogP contribution in [0.1, 0.15) is 17.2 Å². The smallest absolute Gasteiger partial charge is 0.422 e. The van der Waals surface area contributed by atoms with Gasteiger partial charge in [0.2, 0.25) is 0 Å². The van der Waals surface area contributed by atoms with Gasteiger partial charge in [-0.15, -0.1) is 0 Å². The number of methoxy groups -OCH3 is 1. The fourth-order valence-corrected chi connectivity index (χ4v) is 1.32. The Hall–Kier alpha value is -1.70. The molecule has 3 nitrogen and oxygen atoms in total. The van der Waals surface area contributed by atoms with E-state index in [1.54, 1.807) is 0 Å². The van der Waals surface area contributed by atoms with Gasteiger partial charge in [0.25, 0.3) is 0 Å². The maximum Gasteiger partial charge on any atom is 0.422 e. The molecule has 1 unspecified atom stereocenters. The number of hydrogen-bond acceptors (Lipinski definition) is 3. The zero-order valence-corrected chi connectivity index (χ0v) is 9.02. The number of halogens is 5. The van der Waals surface area contributed by atoms with Gasteiger partial charge in [0.15, 0.2) is 0 Å². The molecule has 0 aliphatic rings. The second-order valence-electron chi connectivity index (χ2n) is 3.32. The van der Waals surface area contributed by atoms with E-state index >= 15 is 0 Å². The topological polar surface area (TPSA) is 52.3 Å². The van der Waals surface area contributed by atoms with Crippen molar-refractivity contribution < 1.29 is 31.5 Å². The first-order valence-electron chi connectivity index (χ1n) is 4.58. The van der Waals surface area contributed by atoms with Gasteiger partial charge < -0.3 is 10.5 Å². The average molecular weight is 269 g/mol. The number of nitrogens with two attached hydrogens (primary N) is 1. The summed E-state index contributed by atoms with van der Waals surface area (Å²) in [6.07, 6.45) is -5.22. The molecule has 0 aliphatic heterocycles. The third-order valence-electron chi connectivity index (χ3n) is 2.19. The van der Waals surface area contributed by atoms with E-state index in [0.29, 0.717) is 12.1 Å². The van der Waals surface area contributed by atoms with Gasteiger partial charge in [-0.25, -0.2) is 8.78 Å². The second kappa shape index (κ2) is 4.89. The molecule has 0 heterocycles. The first kappa shape index (κ1) is 14.4. The summed E-state index contributed by atoms with van der Waals surface area (Å²) in [6.45, 7) is 0. The molecule has 0 saturated carbocycles. The molecule has 1 rings (SSSR count). The van der Waals surface area contributed by atoms with Crippen LogP contribution in [0.5, 0.6) is 0 Å². The number of esters is 1. The van der Waals surface area contributed by atoms with Crippen molar-refractivity contribution in [3.05, 3.63) is 34.9 Å².